The number of nitriles is 1. The van der Waals surface area contributed by atoms with Crippen molar-refractivity contribution in [2.45, 2.75) is 13.1 Å². The SMILES string of the molecule is Cc1cc(C=NNc2nc(-c3ccccc3)c(C#N)c(=O)[nH]2)c(F)cc1C(F)(F)F. The molecule has 2 N–H and O–H groups in total. The molecule has 0 atom stereocenters. The molecule has 0 aliphatic rings. The summed E-state index contributed by atoms with van der Waals surface area (Å²) in [5.74, 6) is -1.23. The highest BCUT2D eigenvalue weighted by Gasteiger charge is 2.33. The number of H-pyrrole nitrogens is 1. The first-order valence-electron chi connectivity index (χ1n) is 8.47. The first-order chi connectivity index (χ1) is 14.2. The maximum absolute atomic E-state index is 14.0. The Kier molecular flexibility index (Phi) is 5.64. The largest absolute Gasteiger partial charge is 0.416 e. The molecule has 0 saturated carbocycles. The molecule has 3 aromatic rings. The summed E-state index contributed by atoms with van der Waals surface area (Å²) < 4.78 is 52.5. The minimum absolute atomic E-state index is 0.121. The van der Waals surface area contributed by atoms with Crippen molar-refractivity contribution in [3.8, 4) is 17.3 Å². The van der Waals surface area contributed by atoms with Crippen molar-refractivity contribution in [3.05, 3.63) is 80.9 Å². The van der Waals surface area contributed by atoms with Gasteiger partial charge in [0.1, 0.15) is 17.4 Å². The second-order valence-corrected chi connectivity index (χ2v) is 6.17. The number of nitrogens with zero attached hydrogens (tertiary/aromatic N) is 3. The number of benzene rings is 2. The molecule has 1 heterocycles. The molecule has 0 amide bonds. The van der Waals surface area contributed by atoms with Crippen LogP contribution in [0.1, 0.15) is 22.3 Å². The van der Waals surface area contributed by atoms with E-state index in [9.17, 15) is 27.6 Å². The molecule has 0 spiro atoms. The van der Waals surface area contributed by atoms with Gasteiger partial charge in [-0.3, -0.25) is 9.78 Å². The fourth-order valence-electron chi connectivity index (χ4n) is 2.71. The fourth-order valence-corrected chi connectivity index (χ4v) is 2.71. The Morgan fingerprint density at radius 2 is 1.93 bits per heavy atom. The average molecular weight is 415 g/mol. The van der Waals surface area contributed by atoms with Gasteiger partial charge in [-0.25, -0.2) is 14.8 Å². The highest BCUT2D eigenvalue weighted by Crippen LogP contribution is 2.32. The first-order valence-corrected chi connectivity index (χ1v) is 8.47. The van der Waals surface area contributed by atoms with Gasteiger partial charge in [-0.05, 0) is 24.6 Å². The molecular formula is C20H13F4N5O. The van der Waals surface area contributed by atoms with E-state index < -0.39 is 23.1 Å². The molecule has 0 fully saturated rings. The van der Waals surface area contributed by atoms with E-state index in [0.29, 0.717) is 11.6 Å². The first kappa shape index (κ1) is 20.7. The predicted octanol–water partition coefficient (Wildman–Crippen LogP) is 4.22. The molecule has 0 aliphatic carbocycles. The summed E-state index contributed by atoms with van der Waals surface area (Å²) in [5.41, 5.74) is 0.709. The Balaban J connectivity index is 1.91. The Morgan fingerprint density at radius 1 is 1.23 bits per heavy atom. The van der Waals surface area contributed by atoms with Crippen molar-refractivity contribution in [1.82, 2.24) is 9.97 Å². The number of hydrazone groups is 1. The maximum Gasteiger partial charge on any atom is 0.416 e. The summed E-state index contributed by atoms with van der Waals surface area (Å²) in [7, 11) is 0. The van der Waals surface area contributed by atoms with Crippen LogP contribution in [-0.4, -0.2) is 16.2 Å². The van der Waals surface area contributed by atoms with Crippen LogP contribution < -0.4 is 11.0 Å². The highest BCUT2D eigenvalue weighted by atomic mass is 19.4. The third kappa shape index (κ3) is 4.35. The zero-order valence-electron chi connectivity index (χ0n) is 15.4. The van der Waals surface area contributed by atoms with E-state index in [-0.39, 0.29) is 28.3 Å². The summed E-state index contributed by atoms with van der Waals surface area (Å²) in [6, 6.07) is 11.7. The summed E-state index contributed by atoms with van der Waals surface area (Å²) in [4.78, 5) is 18.6. The van der Waals surface area contributed by atoms with Crippen molar-refractivity contribution in [2.24, 2.45) is 5.10 Å². The monoisotopic (exact) mass is 415 g/mol. The number of hydrogen-bond acceptors (Lipinski definition) is 5. The van der Waals surface area contributed by atoms with E-state index in [2.05, 4.69) is 20.5 Å². The highest BCUT2D eigenvalue weighted by molar-refractivity contribution is 5.81. The minimum atomic E-state index is -4.67. The lowest BCUT2D eigenvalue weighted by molar-refractivity contribution is -0.138. The van der Waals surface area contributed by atoms with Crippen LogP contribution in [0.5, 0.6) is 0 Å². The predicted molar refractivity (Wildman–Crippen MR) is 102 cm³/mol. The van der Waals surface area contributed by atoms with Crippen LogP contribution in [0.2, 0.25) is 0 Å². The van der Waals surface area contributed by atoms with Gasteiger partial charge in [-0.2, -0.15) is 23.5 Å². The minimum Gasteiger partial charge on any atom is -0.290 e. The molecule has 6 nitrogen and oxygen atoms in total. The van der Waals surface area contributed by atoms with Crippen molar-refractivity contribution >= 4 is 12.2 Å². The second kappa shape index (κ2) is 8.16. The molecule has 0 aliphatic heterocycles. The number of alkyl halides is 3. The van der Waals surface area contributed by atoms with E-state index in [0.717, 1.165) is 12.3 Å². The zero-order chi connectivity index (χ0) is 21.9. The summed E-state index contributed by atoms with van der Waals surface area (Å²) in [6.45, 7) is 1.21. The van der Waals surface area contributed by atoms with Gasteiger partial charge in [0, 0.05) is 11.1 Å². The van der Waals surface area contributed by atoms with Crippen LogP contribution in [0.4, 0.5) is 23.5 Å². The van der Waals surface area contributed by atoms with Crippen LogP contribution in [-0.2, 0) is 6.18 Å². The lowest BCUT2D eigenvalue weighted by Gasteiger charge is -2.11. The van der Waals surface area contributed by atoms with Gasteiger partial charge in [-0.1, -0.05) is 30.3 Å². The molecule has 3 rings (SSSR count). The van der Waals surface area contributed by atoms with E-state index in [1.807, 2.05) is 0 Å². The van der Waals surface area contributed by atoms with Crippen molar-refractivity contribution < 1.29 is 17.6 Å². The summed E-state index contributed by atoms with van der Waals surface area (Å²) in [6.07, 6.45) is -3.71. The molecule has 152 valence electrons. The van der Waals surface area contributed by atoms with Gasteiger partial charge in [0.05, 0.1) is 17.5 Å². The molecule has 0 bridgehead atoms. The van der Waals surface area contributed by atoms with Crippen molar-refractivity contribution in [1.29, 1.82) is 5.26 Å². The maximum atomic E-state index is 14.0. The Hall–Kier alpha value is -4.00. The number of aromatic nitrogens is 2. The molecular weight excluding hydrogens is 402 g/mol. The van der Waals surface area contributed by atoms with Gasteiger partial charge in [0.2, 0.25) is 5.95 Å². The average Bonchev–Trinajstić information content (AvgIpc) is 2.69. The Morgan fingerprint density at radius 3 is 2.57 bits per heavy atom. The Labute approximate surface area is 167 Å². The second-order valence-electron chi connectivity index (χ2n) is 6.17. The van der Waals surface area contributed by atoms with Crippen LogP contribution in [0.3, 0.4) is 0 Å². The van der Waals surface area contributed by atoms with Crippen molar-refractivity contribution in [2.75, 3.05) is 5.43 Å². The van der Waals surface area contributed by atoms with Crippen LogP contribution in [0.15, 0.2) is 52.4 Å². The Bertz CT molecular complexity index is 1210. The standard InChI is InChI=1S/C20H13F4N5O/c1-11-7-13(16(21)8-15(11)20(22,23)24)10-26-29-19-27-17(12-5-3-2-4-6-12)14(9-25)18(30)28-19/h2-8,10H,1H3,(H2,27,28,29,30). The zero-order valence-corrected chi connectivity index (χ0v) is 15.4. The lowest BCUT2D eigenvalue weighted by atomic mass is 10.0. The molecule has 0 radical (unpaired) electrons. The van der Waals surface area contributed by atoms with E-state index in [4.69, 9.17) is 0 Å². The van der Waals surface area contributed by atoms with Gasteiger partial charge in [0.25, 0.3) is 5.56 Å². The topological polar surface area (TPSA) is 93.9 Å². The third-order valence-corrected chi connectivity index (χ3v) is 4.10. The molecule has 10 heteroatoms. The van der Waals surface area contributed by atoms with E-state index in [1.54, 1.807) is 36.4 Å². The molecule has 30 heavy (non-hydrogen) atoms. The summed E-state index contributed by atoms with van der Waals surface area (Å²) in [5, 5.41) is 13.0. The summed E-state index contributed by atoms with van der Waals surface area (Å²) >= 11 is 0. The van der Waals surface area contributed by atoms with Crippen LogP contribution >= 0.6 is 0 Å². The number of aromatic amines is 1. The van der Waals surface area contributed by atoms with Crippen LogP contribution in [0.25, 0.3) is 11.3 Å². The van der Waals surface area contributed by atoms with Crippen LogP contribution in [0, 0.1) is 24.1 Å². The molecule has 0 unspecified atom stereocenters. The van der Waals surface area contributed by atoms with Gasteiger partial charge < -0.3 is 0 Å². The van der Waals surface area contributed by atoms with Gasteiger partial charge in [-0.15, -0.1) is 0 Å². The van der Waals surface area contributed by atoms with Gasteiger partial charge in [0.15, 0.2) is 0 Å². The number of halogens is 4. The number of hydrogen-bond donors (Lipinski definition) is 2. The van der Waals surface area contributed by atoms with Gasteiger partial charge >= 0.3 is 6.18 Å². The molecule has 0 saturated heterocycles. The fraction of sp³-hybridized carbons (Fsp3) is 0.100. The quantitative estimate of drug-likeness (QED) is 0.379. The smallest absolute Gasteiger partial charge is 0.290 e. The molecule has 1 aromatic heterocycles. The van der Waals surface area contributed by atoms with E-state index in [1.165, 1.54) is 6.92 Å². The normalized spacial score (nSPS) is 11.5. The number of aryl methyl sites for hydroxylation is 1. The van der Waals surface area contributed by atoms with Crippen molar-refractivity contribution in [3.63, 3.8) is 0 Å². The number of rotatable bonds is 4. The number of anilines is 1. The van der Waals surface area contributed by atoms with E-state index >= 15 is 0 Å². The third-order valence-electron chi connectivity index (χ3n) is 4.10. The molecule has 2 aromatic carbocycles. The lowest BCUT2D eigenvalue weighted by Crippen LogP contribution is -2.16. The number of nitrogens with one attached hydrogen (secondary N) is 2.